The van der Waals surface area contributed by atoms with Gasteiger partial charge in [-0.2, -0.15) is 0 Å². The van der Waals surface area contributed by atoms with Gasteiger partial charge in [-0.15, -0.1) is 0 Å². The highest BCUT2D eigenvalue weighted by molar-refractivity contribution is 5.90. The van der Waals surface area contributed by atoms with E-state index in [1.54, 1.807) is 6.92 Å². The molecule has 0 spiro atoms. The molecule has 7 nitrogen and oxygen atoms in total. The number of H-pyrrole nitrogens is 1. The van der Waals surface area contributed by atoms with E-state index in [0.717, 1.165) is 12.8 Å². The van der Waals surface area contributed by atoms with E-state index in [2.05, 4.69) is 4.98 Å². The van der Waals surface area contributed by atoms with Crippen molar-refractivity contribution < 1.29 is 19.0 Å². The van der Waals surface area contributed by atoms with Gasteiger partial charge in [-0.1, -0.05) is 0 Å². The Morgan fingerprint density at radius 1 is 1.17 bits per heavy atom. The highest BCUT2D eigenvalue weighted by atomic mass is 19.1. The molecule has 2 aliphatic rings. The quantitative estimate of drug-likeness (QED) is 0.695. The number of aromatic amines is 1. The molecule has 9 heteroatoms. The van der Waals surface area contributed by atoms with Crippen molar-refractivity contribution >= 4 is 16.6 Å². The maximum atomic E-state index is 15.4. The summed E-state index contributed by atoms with van der Waals surface area (Å²) in [6.45, 7) is 5.76. The fraction of sp³-hybridized carbons (Fsp3) is 0.619. The second-order valence-electron chi connectivity index (χ2n) is 9.18. The Hall–Kier alpha value is -2.26. The second-order valence-corrected chi connectivity index (χ2v) is 9.18. The van der Waals surface area contributed by atoms with Crippen LogP contribution < -0.4 is 16.1 Å². The number of halogens is 2. The van der Waals surface area contributed by atoms with E-state index in [0.29, 0.717) is 11.1 Å². The van der Waals surface area contributed by atoms with Crippen LogP contribution in [0.25, 0.3) is 10.9 Å². The van der Waals surface area contributed by atoms with Gasteiger partial charge in [0.15, 0.2) is 5.82 Å². The van der Waals surface area contributed by atoms with E-state index in [-0.39, 0.29) is 35.8 Å². The maximum Gasteiger partial charge on any atom is 0.329 e. The predicted molar refractivity (Wildman–Crippen MR) is 109 cm³/mol. The first-order chi connectivity index (χ1) is 13.9. The predicted octanol–water partition coefficient (Wildman–Crippen LogP) is 1.69. The van der Waals surface area contributed by atoms with Crippen LogP contribution in [0.4, 0.5) is 14.5 Å². The highest BCUT2D eigenvalue weighted by Crippen LogP contribution is 2.41. The van der Waals surface area contributed by atoms with Crippen LogP contribution in [-0.4, -0.2) is 50.7 Å². The van der Waals surface area contributed by atoms with Crippen LogP contribution in [0.15, 0.2) is 9.59 Å². The molecule has 1 saturated heterocycles. The molecule has 0 bridgehead atoms. The average Bonchev–Trinajstić information content (AvgIpc) is 3.40. The third kappa shape index (κ3) is 3.15. The Morgan fingerprint density at radius 3 is 2.37 bits per heavy atom. The molecule has 1 aliphatic carbocycles. The summed E-state index contributed by atoms with van der Waals surface area (Å²) in [5.74, 6) is -1.54. The van der Waals surface area contributed by atoms with E-state index in [4.69, 9.17) is 0 Å². The summed E-state index contributed by atoms with van der Waals surface area (Å²) in [7, 11) is 0. The summed E-state index contributed by atoms with van der Waals surface area (Å²) < 4.78 is 31.7. The summed E-state index contributed by atoms with van der Waals surface area (Å²) in [5.41, 5.74) is -1.67. The van der Waals surface area contributed by atoms with E-state index >= 15 is 4.39 Å². The van der Waals surface area contributed by atoms with Crippen LogP contribution in [0.1, 0.15) is 43.9 Å². The summed E-state index contributed by atoms with van der Waals surface area (Å²) >= 11 is 0. The Kier molecular flexibility index (Phi) is 4.81. The van der Waals surface area contributed by atoms with Gasteiger partial charge in [0.05, 0.1) is 28.3 Å². The lowest BCUT2D eigenvalue weighted by Gasteiger charge is -2.30. The van der Waals surface area contributed by atoms with Crippen molar-refractivity contribution in [1.29, 1.82) is 0 Å². The van der Waals surface area contributed by atoms with Crippen LogP contribution in [-0.2, 0) is 0 Å². The van der Waals surface area contributed by atoms with Gasteiger partial charge in [-0.05, 0) is 40.5 Å². The van der Waals surface area contributed by atoms with Gasteiger partial charge in [0.25, 0.3) is 5.56 Å². The smallest absolute Gasteiger partial charge is 0.329 e. The molecule has 2 fully saturated rings. The van der Waals surface area contributed by atoms with Crippen molar-refractivity contribution in [3.8, 4) is 0 Å². The summed E-state index contributed by atoms with van der Waals surface area (Å²) in [6, 6.07) is -0.0504. The molecular weight excluding hydrogens is 396 g/mol. The van der Waals surface area contributed by atoms with E-state index in [9.17, 15) is 24.2 Å². The van der Waals surface area contributed by atoms with E-state index < -0.39 is 40.9 Å². The van der Waals surface area contributed by atoms with Crippen LogP contribution in [0, 0.1) is 25.6 Å². The molecule has 4 rings (SSSR count). The summed E-state index contributed by atoms with van der Waals surface area (Å²) in [5, 5.41) is 20.6. The maximum absolute atomic E-state index is 15.4. The van der Waals surface area contributed by atoms with Crippen molar-refractivity contribution in [2.75, 3.05) is 18.0 Å². The topological polar surface area (TPSA) is 98.6 Å². The Bertz CT molecular complexity index is 1130. The highest BCUT2D eigenvalue weighted by Gasteiger charge is 2.44. The molecular formula is C21H27F2N3O4. The lowest BCUT2D eigenvalue weighted by molar-refractivity contribution is -0.0831. The second kappa shape index (κ2) is 6.88. The first-order valence-electron chi connectivity index (χ1n) is 10.2. The first kappa shape index (κ1) is 21.0. The van der Waals surface area contributed by atoms with Crippen LogP contribution >= 0.6 is 0 Å². The molecule has 3 N–H and O–H groups in total. The van der Waals surface area contributed by atoms with Gasteiger partial charge in [0.2, 0.25) is 0 Å². The lowest BCUT2D eigenvalue weighted by Crippen LogP contribution is -2.45. The summed E-state index contributed by atoms with van der Waals surface area (Å²) in [6.07, 6.45) is -1.20. The minimum atomic E-state index is -1.50. The summed E-state index contributed by atoms with van der Waals surface area (Å²) in [4.78, 5) is 28.8. The number of rotatable bonds is 4. The third-order valence-corrected chi connectivity index (χ3v) is 6.41. The first-order valence-corrected chi connectivity index (χ1v) is 10.2. The van der Waals surface area contributed by atoms with Gasteiger partial charge in [-0.25, -0.2) is 13.6 Å². The Labute approximate surface area is 171 Å². The molecule has 1 aromatic carbocycles. The number of anilines is 1. The molecule has 1 aliphatic heterocycles. The zero-order chi connectivity index (χ0) is 22.1. The largest absolute Gasteiger partial charge is 0.390 e. The molecule has 0 radical (unpaired) electrons. The van der Waals surface area contributed by atoms with Gasteiger partial charge >= 0.3 is 5.69 Å². The Balaban J connectivity index is 1.90. The molecule has 1 saturated carbocycles. The molecule has 164 valence electrons. The van der Waals surface area contributed by atoms with Crippen LogP contribution in [0.2, 0.25) is 0 Å². The zero-order valence-electron chi connectivity index (χ0n) is 17.5. The minimum absolute atomic E-state index is 0.00583. The van der Waals surface area contributed by atoms with Crippen molar-refractivity contribution in [2.24, 2.45) is 5.92 Å². The monoisotopic (exact) mass is 423 g/mol. The average molecular weight is 423 g/mol. The number of aliphatic hydroxyl groups excluding tert-OH is 1. The molecule has 1 aromatic heterocycles. The lowest BCUT2D eigenvalue weighted by atomic mass is 9.88. The van der Waals surface area contributed by atoms with Crippen LogP contribution in [0.5, 0.6) is 0 Å². The van der Waals surface area contributed by atoms with Crippen molar-refractivity contribution in [3.05, 3.63) is 37.8 Å². The van der Waals surface area contributed by atoms with Gasteiger partial charge in [-0.3, -0.25) is 14.3 Å². The number of benzene rings is 1. The molecule has 2 aromatic rings. The van der Waals surface area contributed by atoms with Gasteiger partial charge < -0.3 is 15.1 Å². The number of fused-ring (bicyclic) bond motifs is 1. The normalized spacial score (nSPS) is 23.4. The zero-order valence-corrected chi connectivity index (χ0v) is 17.5. The number of alkyl halides is 1. The Morgan fingerprint density at radius 2 is 1.80 bits per heavy atom. The van der Waals surface area contributed by atoms with Crippen molar-refractivity contribution in [3.63, 3.8) is 0 Å². The SMILES string of the molecule is Cc1c(F)c(N2CC(F)C(C(O)C(C)(C)O)C2)c(C)c2c1c(=O)[nH]c(=O)n2C1CC1. The number of aryl methyl sites for hydroxylation is 2. The van der Waals surface area contributed by atoms with E-state index in [1.807, 2.05) is 0 Å². The molecule has 3 atom stereocenters. The van der Waals surface area contributed by atoms with Crippen LogP contribution in [0.3, 0.4) is 0 Å². The molecule has 3 unspecified atom stereocenters. The number of nitrogens with one attached hydrogen (secondary N) is 1. The molecule has 30 heavy (non-hydrogen) atoms. The van der Waals surface area contributed by atoms with Crippen molar-refractivity contribution in [2.45, 2.75) is 64.5 Å². The van der Waals surface area contributed by atoms with Gasteiger partial charge in [0.1, 0.15) is 6.17 Å². The third-order valence-electron chi connectivity index (χ3n) is 6.41. The molecule has 2 heterocycles. The fourth-order valence-corrected chi connectivity index (χ4v) is 4.68. The minimum Gasteiger partial charge on any atom is -0.390 e. The number of nitrogens with zero attached hydrogens (tertiary/aromatic N) is 2. The van der Waals surface area contributed by atoms with Gasteiger partial charge in [0, 0.05) is 36.2 Å². The molecule has 0 amide bonds. The number of aromatic nitrogens is 2. The number of hydrogen-bond donors (Lipinski definition) is 3. The number of hydrogen-bond acceptors (Lipinski definition) is 5. The van der Waals surface area contributed by atoms with E-state index in [1.165, 1.54) is 30.2 Å². The van der Waals surface area contributed by atoms with Crippen molar-refractivity contribution in [1.82, 2.24) is 9.55 Å². The standard InChI is InChI=1S/C21H27F2N3O4/c1-9-14-16(26(11-5-6-11)20(29)24-19(14)28)10(2)17(15(9)23)25-7-12(13(22)8-25)18(27)21(3,4)30/h11-13,18,27,30H,5-8H2,1-4H3,(H,24,28,29). The fourth-order valence-electron chi connectivity index (χ4n) is 4.68. The number of aliphatic hydroxyl groups is 2.